The Balaban J connectivity index is 2.27. The zero-order chi connectivity index (χ0) is 14.0. The second kappa shape index (κ2) is 6.19. The van der Waals surface area contributed by atoms with Crippen LogP contribution >= 0.6 is 43.6 Å². The molecule has 1 aromatic carbocycles. The van der Waals surface area contributed by atoms with Gasteiger partial charge >= 0.3 is 0 Å². The monoisotopic (exact) mass is 404 g/mol. The molecule has 0 aliphatic carbocycles. The van der Waals surface area contributed by atoms with Gasteiger partial charge in [-0.15, -0.1) is 0 Å². The molecule has 0 saturated heterocycles. The summed E-state index contributed by atoms with van der Waals surface area (Å²) in [5.41, 5.74) is 2.36. The topological polar surface area (TPSA) is 24.4 Å². The number of amidine groups is 1. The summed E-state index contributed by atoms with van der Waals surface area (Å²) in [6.45, 7) is 6.52. The molecule has 1 aliphatic heterocycles. The van der Waals surface area contributed by atoms with E-state index in [-0.39, 0.29) is 5.54 Å². The van der Waals surface area contributed by atoms with Gasteiger partial charge in [0.25, 0.3) is 0 Å². The van der Waals surface area contributed by atoms with Gasteiger partial charge in [0.15, 0.2) is 5.17 Å². The van der Waals surface area contributed by atoms with Gasteiger partial charge in [0.1, 0.15) is 0 Å². The maximum absolute atomic E-state index is 4.86. The molecular weight excluding hydrogens is 388 g/mol. The van der Waals surface area contributed by atoms with Gasteiger partial charge in [-0.3, -0.25) is 4.99 Å². The number of nitrogens with one attached hydrogen (secondary N) is 1. The molecule has 5 heteroatoms. The van der Waals surface area contributed by atoms with E-state index in [1.165, 1.54) is 5.56 Å². The van der Waals surface area contributed by atoms with Gasteiger partial charge in [-0.25, -0.2) is 0 Å². The normalized spacial score (nSPS) is 23.1. The Kier molecular flexibility index (Phi) is 5.01. The van der Waals surface area contributed by atoms with Crippen molar-refractivity contribution in [2.75, 3.05) is 11.1 Å². The van der Waals surface area contributed by atoms with Crippen LogP contribution in [0.25, 0.3) is 0 Å². The van der Waals surface area contributed by atoms with Crippen molar-refractivity contribution in [1.29, 1.82) is 0 Å². The van der Waals surface area contributed by atoms with Crippen molar-refractivity contribution in [1.82, 2.24) is 0 Å². The van der Waals surface area contributed by atoms with Crippen LogP contribution in [0.2, 0.25) is 0 Å². The maximum Gasteiger partial charge on any atom is 0.161 e. The van der Waals surface area contributed by atoms with E-state index in [2.05, 4.69) is 70.1 Å². The van der Waals surface area contributed by atoms with Crippen molar-refractivity contribution >= 4 is 54.5 Å². The number of aliphatic imine (C=N–C) groups is 1. The highest BCUT2D eigenvalue weighted by Gasteiger charge is 2.26. The van der Waals surface area contributed by atoms with Crippen LogP contribution in [0.1, 0.15) is 32.3 Å². The third-order valence-electron chi connectivity index (χ3n) is 3.43. The van der Waals surface area contributed by atoms with E-state index in [0.717, 1.165) is 38.4 Å². The van der Waals surface area contributed by atoms with Gasteiger partial charge in [-0.2, -0.15) is 0 Å². The first-order chi connectivity index (χ1) is 8.93. The van der Waals surface area contributed by atoms with Crippen molar-refractivity contribution in [3.63, 3.8) is 0 Å². The Morgan fingerprint density at radius 3 is 2.58 bits per heavy atom. The molecule has 0 spiro atoms. The molecule has 104 valence electrons. The summed E-state index contributed by atoms with van der Waals surface area (Å²) in [6, 6.07) is 4.22. The predicted octanol–water partition coefficient (Wildman–Crippen LogP) is 5.59. The molecule has 1 N–H and O–H groups in total. The maximum atomic E-state index is 4.86. The third-order valence-corrected chi connectivity index (χ3v) is 5.56. The van der Waals surface area contributed by atoms with Gasteiger partial charge in [-0.05, 0) is 76.2 Å². The summed E-state index contributed by atoms with van der Waals surface area (Å²) in [7, 11) is 0. The van der Waals surface area contributed by atoms with E-state index >= 15 is 0 Å². The zero-order valence-corrected chi connectivity index (χ0v) is 15.4. The van der Waals surface area contributed by atoms with Crippen LogP contribution in [0.5, 0.6) is 0 Å². The van der Waals surface area contributed by atoms with Gasteiger partial charge < -0.3 is 5.32 Å². The summed E-state index contributed by atoms with van der Waals surface area (Å²) in [4.78, 5) is 4.86. The summed E-state index contributed by atoms with van der Waals surface area (Å²) < 4.78 is 2.12. The minimum absolute atomic E-state index is 0.0806. The van der Waals surface area contributed by atoms with Gasteiger partial charge in [0.05, 0.1) is 11.2 Å². The van der Waals surface area contributed by atoms with Crippen LogP contribution in [0.4, 0.5) is 5.69 Å². The minimum Gasteiger partial charge on any atom is -0.333 e. The van der Waals surface area contributed by atoms with Crippen LogP contribution < -0.4 is 5.32 Å². The summed E-state index contributed by atoms with van der Waals surface area (Å²) in [6.07, 6.45) is 2.23. The number of rotatable bonds is 2. The molecule has 1 unspecified atom stereocenters. The lowest BCUT2D eigenvalue weighted by atomic mass is 9.97. The summed E-state index contributed by atoms with van der Waals surface area (Å²) >= 11 is 9.02. The number of benzene rings is 1. The largest absolute Gasteiger partial charge is 0.333 e. The van der Waals surface area contributed by atoms with E-state index < -0.39 is 0 Å². The number of aryl methyl sites for hydroxylation is 1. The number of nitrogens with zero attached hydrogens (tertiary/aromatic N) is 1. The molecule has 19 heavy (non-hydrogen) atoms. The Labute approximate surface area is 136 Å². The first-order valence-corrected chi connectivity index (χ1v) is 8.96. The second-order valence-corrected chi connectivity index (χ2v) is 7.89. The van der Waals surface area contributed by atoms with Crippen LogP contribution in [-0.4, -0.2) is 16.5 Å². The van der Waals surface area contributed by atoms with E-state index in [4.69, 9.17) is 4.99 Å². The first kappa shape index (κ1) is 15.4. The SMILES string of the molecule is CCC1(C)CCSC(Nc2c(Br)cc(C)cc2Br)=N1. The molecule has 2 nitrogen and oxygen atoms in total. The van der Waals surface area contributed by atoms with Gasteiger partial charge in [-0.1, -0.05) is 18.7 Å². The molecule has 0 aromatic heterocycles. The van der Waals surface area contributed by atoms with Gasteiger partial charge in [0, 0.05) is 14.7 Å². The van der Waals surface area contributed by atoms with Crippen LogP contribution in [0, 0.1) is 6.92 Å². The van der Waals surface area contributed by atoms with Crippen molar-refractivity contribution < 1.29 is 0 Å². The Bertz CT molecular complexity index is 493. The van der Waals surface area contributed by atoms with Crippen molar-refractivity contribution in [3.8, 4) is 0 Å². The Morgan fingerprint density at radius 2 is 2.00 bits per heavy atom. The fourth-order valence-corrected chi connectivity index (χ4v) is 4.75. The number of halogens is 2. The Hall–Kier alpha value is -0.000000000000000111. The lowest BCUT2D eigenvalue weighted by Crippen LogP contribution is -2.29. The zero-order valence-electron chi connectivity index (χ0n) is 11.4. The second-order valence-electron chi connectivity index (χ2n) is 5.09. The van der Waals surface area contributed by atoms with E-state index in [9.17, 15) is 0 Å². The van der Waals surface area contributed by atoms with Crippen molar-refractivity contribution in [3.05, 3.63) is 26.6 Å². The number of hydrogen-bond donors (Lipinski definition) is 1. The molecule has 0 amide bonds. The lowest BCUT2D eigenvalue weighted by molar-refractivity contribution is 0.443. The fraction of sp³-hybridized carbons (Fsp3) is 0.500. The molecule has 0 saturated carbocycles. The van der Waals surface area contributed by atoms with E-state index in [0.29, 0.717) is 0 Å². The highest BCUT2D eigenvalue weighted by atomic mass is 79.9. The summed E-state index contributed by atoms with van der Waals surface area (Å²) in [5.74, 6) is 1.12. The highest BCUT2D eigenvalue weighted by Crippen LogP contribution is 2.35. The molecular formula is C14H18Br2N2S. The average molecular weight is 406 g/mol. The predicted molar refractivity (Wildman–Crippen MR) is 93.4 cm³/mol. The molecule has 0 radical (unpaired) electrons. The number of hydrogen-bond acceptors (Lipinski definition) is 3. The fourth-order valence-electron chi connectivity index (χ4n) is 1.95. The quantitative estimate of drug-likeness (QED) is 0.692. The molecule has 0 bridgehead atoms. The van der Waals surface area contributed by atoms with Crippen LogP contribution in [0.15, 0.2) is 26.1 Å². The molecule has 1 aliphatic rings. The highest BCUT2D eigenvalue weighted by molar-refractivity contribution is 9.11. The standard InChI is InChI=1S/C14H18Br2N2S/c1-4-14(3)5-6-19-13(18-14)17-12-10(15)7-9(2)8-11(12)16/h7-8H,4-6H2,1-3H3,(H,17,18). The third kappa shape index (κ3) is 3.76. The molecule has 1 heterocycles. The van der Waals surface area contributed by atoms with Crippen molar-refractivity contribution in [2.24, 2.45) is 4.99 Å². The molecule has 2 rings (SSSR count). The lowest BCUT2D eigenvalue weighted by Gasteiger charge is -2.29. The first-order valence-electron chi connectivity index (χ1n) is 6.39. The van der Waals surface area contributed by atoms with Gasteiger partial charge in [0.2, 0.25) is 0 Å². The van der Waals surface area contributed by atoms with Crippen LogP contribution in [0.3, 0.4) is 0 Å². The average Bonchev–Trinajstić information content (AvgIpc) is 2.34. The smallest absolute Gasteiger partial charge is 0.161 e. The number of thioether (sulfide) groups is 1. The van der Waals surface area contributed by atoms with Crippen molar-refractivity contribution in [2.45, 2.75) is 39.2 Å². The van der Waals surface area contributed by atoms with Crippen LogP contribution in [-0.2, 0) is 0 Å². The van der Waals surface area contributed by atoms with E-state index in [1.54, 1.807) is 11.8 Å². The van der Waals surface area contributed by atoms with E-state index in [1.807, 2.05) is 0 Å². The minimum atomic E-state index is 0.0806. The molecule has 1 aromatic rings. The Morgan fingerprint density at radius 1 is 1.37 bits per heavy atom. The molecule has 1 atom stereocenters. The molecule has 0 fully saturated rings. The number of anilines is 1. The summed E-state index contributed by atoms with van der Waals surface area (Å²) in [5, 5.41) is 4.47.